The summed E-state index contributed by atoms with van der Waals surface area (Å²) in [5.41, 5.74) is -0.672. The van der Waals surface area contributed by atoms with Gasteiger partial charge in [-0.1, -0.05) is 27.7 Å². The summed E-state index contributed by atoms with van der Waals surface area (Å²) in [6.45, 7) is 8.47. The van der Waals surface area contributed by atoms with Gasteiger partial charge in [-0.25, -0.2) is 0 Å². The number of aliphatic hydroxyl groups is 1. The smallest absolute Gasteiger partial charge is 0.0925 e. The van der Waals surface area contributed by atoms with Crippen LogP contribution in [0, 0.1) is 11.8 Å². The second-order valence-corrected chi connectivity index (χ2v) is 3.73. The van der Waals surface area contributed by atoms with Crippen LogP contribution in [0.5, 0.6) is 0 Å². The first-order valence-electron chi connectivity index (χ1n) is 4.16. The zero-order valence-electron chi connectivity index (χ0n) is 8.22. The second kappa shape index (κ2) is 4.07. The number of ether oxygens (including phenoxy) is 1. The molecule has 0 atom stereocenters. The summed E-state index contributed by atoms with van der Waals surface area (Å²) in [6.07, 6.45) is 0. The number of methoxy groups -OCH3 is 1. The van der Waals surface area contributed by atoms with Gasteiger partial charge in [-0.3, -0.25) is 0 Å². The van der Waals surface area contributed by atoms with Crippen molar-refractivity contribution in [2.45, 2.75) is 33.3 Å². The molecule has 0 saturated heterocycles. The molecule has 68 valence electrons. The first-order valence-corrected chi connectivity index (χ1v) is 4.16. The van der Waals surface area contributed by atoms with E-state index in [1.54, 1.807) is 7.11 Å². The molecule has 0 unspecified atom stereocenters. The van der Waals surface area contributed by atoms with Crippen molar-refractivity contribution < 1.29 is 9.84 Å². The van der Waals surface area contributed by atoms with E-state index >= 15 is 0 Å². The van der Waals surface area contributed by atoms with Gasteiger partial charge in [0.2, 0.25) is 0 Å². The minimum Gasteiger partial charge on any atom is -0.387 e. The molecule has 0 fully saturated rings. The van der Waals surface area contributed by atoms with Crippen molar-refractivity contribution in [3.05, 3.63) is 0 Å². The molecule has 0 saturated carbocycles. The third-order valence-electron chi connectivity index (χ3n) is 2.38. The third kappa shape index (κ3) is 2.46. The van der Waals surface area contributed by atoms with Crippen molar-refractivity contribution in [1.29, 1.82) is 0 Å². The number of hydrogen-bond acceptors (Lipinski definition) is 2. The minimum absolute atomic E-state index is 0.238. The average molecular weight is 160 g/mol. The highest BCUT2D eigenvalue weighted by Crippen LogP contribution is 2.25. The van der Waals surface area contributed by atoms with E-state index in [1.807, 2.05) is 27.7 Å². The Bertz CT molecular complexity index is 100. The summed E-state index contributed by atoms with van der Waals surface area (Å²) < 4.78 is 4.98. The first kappa shape index (κ1) is 10.9. The molecule has 0 radical (unpaired) electrons. The summed E-state index contributed by atoms with van der Waals surface area (Å²) >= 11 is 0. The van der Waals surface area contributed by atoms with Crippen molar-refractivity contribution in [2.75, 3.05) is 13.7 Å². The van der Waals surface area contributed by atoms with Crippen LogP contribution in [0.15, 0.2) is 0 Å². The molecule has 0 aliphatic rings. The predicted molar refractivity (Wildman–Crippen MR) is 46.5 cm³/mol. The Kier molecular flexibility index (Phi) is 4.04. The quantitative estimate of drug-likeness (QED) is 0.678. The van der Waals surface area contributed by atoms with E-state index < -0.39 is 5.60 Å². The highest BCUT2D eigenvalue weighted by molar-refractivity contribution is 4.84. The minimum atomic E-state index is -0.672. The molecular weight excluding hydrogens is 140 g/mol. The molecule has 1 N–H and O–H groups in total. The molecule has 0 heterocycles. The van der Waals surface area contributed by atoms with Crippen LogP contribution in [-0.2, 0) is 4.74 Å². The predicted octanol–water partition coefficient (Wildman–Crippen LogP) is 1.68. The SMILES string of the molecule is COCC(O)(C(C)C)C(C)C. The molecule has 2 heteroatoms. The molecule has 0 rings (SSSR count). The molecule has 2 nitrogen and oxygen atoms in total. The van der Waals surface area contributed by atoms with Gasteiger partial charge in [0.15, 0.2) is 0 Å². The van der Waals surface area contributed by atoms with E-state index in [2.05, 4.69) is 0 Å². The summed E-state index contributed by atoms with van der Waals surface area (Å²) in [4.78, 5) is 0. The van der Waals surface area contributed by atoms with E-state index in [9.17, 15) is 5.11 Å². The molecular formula is C9H20O2. The second-order valence-electron chi connectivity index (χ2n) is 3.73. The zero-order valence-corrected chi connectivity index (χ0v) is 8.22. The lowest BCUT2D eigenvalue weighted by atomic mass is 9.81. The number of rotatable bonds is 4. The van der Waals surface area contributed by atoms with Crippen LogP contribution in [0.2, 0.25) is 0 Å². The lowest BCUT2D eigenvalue weighted by Crippen LogP contribution is -2.44. The van der Waals surface area contributed by atoms with E-state index in [0.717, 1.165) is 0 Å². The maximum Gasteiger partial charge on any atom is 0.0925 e. The van der Waals surface area contributed by atoms with Gasteiger partial charge in [0.05, 0.1) is 12.2 Å². The van der Waals surface area contributed by atoms with Gasteiger partial charge in [0, 0.05) is 7.11 Å². The molecule has 0 aromatic carbocycles. The molecule has 0 aliphatic heterocycles. The van der Waals surface area contributed by atoms with Gasteiger partial charge < -0.3 is 9.84 Å². The fourth-order valence-corrected chi connectivity index (χ4v) is 1.23. The Morgan fingerprint density at radius 3 is 1.64 bits per heavy atom. The molecule has 11 heavy (non-hydrogen) atoms. The molecule has 0 aliphatic carbocycles. The Hall–Kier alpha value is -0.0800. The van der Waals surface area contributed by atoms with Crippen molar-refractivity contribution in [1.82, 2.24) is 0 Å². The largest absolute Gasteiger partial charge is 0.387 e. The number of hydrogen-bond donors (Lipinski definition) is 1. The lowest BCUT2D eigenvalue weighted by Gasteiger charge is -2.35. The van der Waals surface area contributed by atoms with Crippen molar-refractivity contribution >= 4 is 0 Å². The van der Waals surface area contributed by atoms with Crippen LogP contribution in [0.1, 0.15) is 27.7 Å². The van der Waals surface area contributed by atoms with Gasteiger partial charge in [0.25, 0.3) is 0 Å². The average Bonchev–Trinajstić information content (AvgIpc) is 1.87. The standard InChI is InChI=1S/C9H20O2/c1-7(2)9(10,6-11-5)8(3)4/h7-8,10H,6H2,1-5H3. The van der Waals surface area contributed by atoms with E-state index in [1.165, 1.54) is 0 Å². The molecule has 0 aromatic rings. The Morgan fingerprint density at radius 1 is 1.18 bits per heavy atom. The van der Waals surface area contributed by atoms with Crippen LogP contribution < -0.4 is 0 Å². The molecule has 0 aromatic heterocycles. The fraction of sp³-hybridized carbons (Fsp3) is 1.00. The van der Waals surface area contributed by atoms with Crippen molar-refractivity contribution in [2.24, 2.45) is 11.8 Å². The third-order valence-corrected chi connectivity index (χ3v) is 2.38. The summed E-state index contributed by atoms with van der Waals surface area (Å²) in [7, 11) is 1.62. The van der Waals surface area contributed by atoms with Crippen LogP contribution in [0.25, 0.3) is 0 Å². The van der Waals surface area contributed by atoms with Gasteiger partial charge in [-0.05, 0) is 11.8 Å². The Morgan fingerprint density at radius 2 is 1.55 bits per heavy atom. The highest BCUT2D eigenvalue weighted by Gasteiger charge is 2.34. The van der Waals surface area contributed by atoms with Gasteiger partial charge >= 0.3 is 0 Å². The maximum atomic E-state index is 10.0. The summed E-state index contributed by atoms with van der Waals surface area (Å²) in [5.74, 6) is 0.477. The fourth-order valence-electron chi connectivity index (χ4n) is 1.23. The van der Waals surface area contributed by atoms with Crippen molar-refractivity contribution in [3.8, 4) is 0 Å². The Balaban J connectivity index is 4.26. The molecule has 0 bridgehead atoms. The molecule has 0 spiro atoms. The summed E-state index contributed by atoms with van der Waals surface area (Å²) in [6, 6.07) is 0. The van der Waals surface area contributed by atoms with Crippen LogP contribution in [-0.4, -0.2) is 24.4 Å². The topological polar surface area (TPSA) is 29.5 Å². The van der Waals surface area contributed by atoms with E-state index in [-0.39, 0.29) is 11.8 Å². The van der Waals surface area contributed by atoms with Gasteiger partial charge in [-0.15, -0.1) is 0 Å². The monoisotopic (exact) mass is 160 g/mol. The van der Waals surface area contributed by atoms with Crippen LogP contribution in [0.3, 0.4) is 0 Å². The summed E-state index contributed by atoms with van der Waals surface area (Å²) in [5, 5.41) is 10.0. The van der Waals surface area contributed by atoms with Gasteiger partial charge in [0.1, 0.15) is 0 Å². The van der Waals surface area contributed by atoms with Crippen LogP contribution >= 0.6 is 0 Å². The normalized spacial score (nSPS) is 13.1. The zero-order chi connectivity index (χ0) is 9.07. The highest BCUT2D eigenvalue weighted by atomic mass is 16.5. The maximum absolute atomic E-state index is 10.0. The van der Waals surface area contributed by atoms with Crippen molar-refractivity contribution in [3.63, 3.8) is 0 Å². The van der Waals surface area contributed by atoms with Crippen LogP contribution in [0.4, 0.5) is 0 Å². The Labute approximate surface area is 69.6 Å². The lowest BCUT2D eigenvalue weighted by molar-refractivity contribution is -0.0962. The first-order chi connectivity index (χ1) is 4.95. The molecule has 0 amide bonds. The van der Waals surface area contributed by atoms with E-state index in [0.29, 0.717) is 6.61 Å². The van der Waals surface area contributed by atoms with E-state index in [4.69, 9.17) is 4.74 Å². The van der Waals surface area contributed by atoms with Gasteiger partial charge in [-0.2, -0.15) is 0 Å².